The number of fused-ring (bicyclic) bond motifs is 1. The summed E-state index contributed by atoms with van der Waals surface area (Å²) in [6.45, 7) is 12.3. The third kappa shape index (κ3) is 5.06. The third-order valence-electron chi connectivity index (χ3n) is 7.13. The Labute approximate surface area is 216 Å². The SMILES string of the molecule is CCC(CC)n1cnc2c(NCc3c(C)cc(C)[nH]c3=O)nc(-c3ccc(N4CCNCC4)nc3)nc21. The molecule has 0 bridgehead atoms. The molecule has 4 aromatic rings. The Morgan fingerprint density at radius 3 is 2.54 bits per heavy atom. The van der Waals surface area contributed by atoms with Gasteiger partial charge < -0.3 is 25.1 Å². The number of aromatic amines is 1. The Bertz CT molecular complexity index is 1430. The van der Waals surface area contributed by atoms with Gasteiger partial charge in [0, 0.05) is 61.8 Å². The molecule has 194 valence electrons. The summed E-state index contributed by atoms with van der Waals surface area (Å²) in [4.78, 5) is 37.0. The van der Waals surface area contributed by atoms with Gasteiger partial charge in [-0.2, -0.15) is 0 Å². The second-order valence-electron chi connectivity index (χ2n) is 9.63. The van der Waals surface area contributed by atoms with Crippen LogP contribution in [0.1, 0.15) is 49.6 Å². The number of nitrogens with zero attached hydrogens (tertiary/aromatic N) is 6. The standard InChI is InChI=1S/C27H35N9O/c1-5-20(6-2)36-16-31-23-25(30-15-21-17(3)13-18(4)32-27(21)37)33-24(34-26(23)36)19-7-8-22(29-14-19)35-11-9-28-10-12-35/h7-8,13-14,16,20,28H,5-6,9-12,15H2,1-4H3,(H,32,37)(H,30,33,34). The van der Waals surface area contributed by atoms with E-state index in [4.69, 9.17) is 15.0 Å². The van der Waals surface area contributed by atoms with Crippen molar-refractivity contribution in [1.82, 2.24) is 34.8 Å². The molecule has 10 heteroatoms. The average molecular weight is 502 g/mol. The fourth-order valence-electron chi connectivity index (χ4n) is 4.99. The van der Waals surface area contributed by atoms with Crippen molar-refractivity contribution in [3.05, 3.63) is 57.9 Å². The monoisotopic (exact) mass is 501 g/mol. The maximum Gasteiger partial charge on any atom is 0.253 e. The van der Waals surface area contributed by atoms with E-state index in [1.54, 1.807) is 0 Å². The van der Waals surface area contributed by atoms with Gasteiger partial charge in [-0.15, -0.1) is 0 Å². The average Bonchev–Trinajstić information content (AvgIpc) is 3.33. The van der Waals surface area contributed by atoms with Crippen molar-refractivity contribution in [1.29, 1.82) is 0 Å². The van der Waals surface area contributed by atoms with E-state index in [9.17, 15) is 4.79 Å². The zero-order valence-electron chi connectivity index (χ0n) is 22.0. The van der Waals surface area contributed by atoms with Gasteiger partial charge in [0.2, 0.25) is 0 Å². The molecule has 1 aliphatic rings. The second kappa shape index (κ2) is 10.7. The number of pyridine rings is 2. The third-order valence-corrected chi connectivity index (χ3v) is 7.13. The number of piperazine rings is 1. The fraction of sp³-hybridized carbons (Fsp3) is 0.444. The van der Waals surface area contributed by atoms with Crippen molar-refractivity contribution in [2.24, 2.45) is 0 Å². The van der Waals surface area contributed by atoms with Crippen molar-refractivity contribution in [3.63, 3.8) is 0 Å². The van der Waals surface area contributed by atoms with E-state index in [0.29, 0.717) is 29.3 Å². The number of rotatable bonds is 8. The van der Waals surface area contributed by atoms with Crippen molar-refractivity contribution in [2.45, 2.75) is 53.1 Å². The van der Waals surface area contributed by atoms with Crippen LogP contribution in [0, 0.1) is 13.8 Å². The molecule has 37 heavy (non-hydrogen) atoms. The molecule has 10 nitrogen and oxygen atoms in total. The second-order valence-corrected chi connectivity index (χ2v) is 9.63. The summed E-state index contributed by atoms with van der Waals surface area (Å²) in [6, 6.07) is 6.33. The number of nitrogens with one attached hydrogen (secondary N) is 3. The highest BCUT2D eigenvalue weighted by atomic mass is 16.1. The van der Waals surface area contributed by atoms with Crippen molar-refractivity contribution in [3.8, 4) is 11.4 Å². The largest absolute Gasteiger partial charge is 0.364 e. The topological polar surface area (TPSA) is 117 Å². The Hall–Kier alpha value is -3.79. The Kier molecular flexibility index (Phi) is 7.18. The molecule has 0 saturated carbocycles. The summed E-state index contributed by atoms with van der Waals surface area (Å²) >= 11 is 0. The minimum absolute atomic E-state index is 0.0919. The Balaban J connectivity index is 1.53. The summed E-state index contributed by atoms with van der Waals surface area (Å²) in [5.41, 5.74) is 4.69. The molecule has 4 aromatic heterocycles. The van der Waals surface area contributed by atoms with Gasteiger partial charge in [-0.25, -0.2) is 19.9 Å². The van der Waals surface area contributed by atoms with Crippen LogP contribution in [0.5, 0.6) is 0 Å². The van der Waals surface area contributed by atoms with Crippen LogP contribution in [0.2, 0.25) is 0 Å². The molecule has 5 rings (SSSR count). The van der Waals surface area contributed by atoms with Crippen molar-refractivity contribution in [2.75, 3.05) is 36.4 Å². The van der Waals surface area contributed by atoms with Crippen LogP contribution in [0.3, 0.4) is 0 Å². The lowest BCUT2D eigenvalue weighted by atomic mass is 10.1. The molecule has 1 fully saturated rings. The highest BCUT2D eigenvalue weighted by Gasteiger charge is 2.19. The minimum Gasteiger partial charge on any atom is -0.364 e. The molecule has 0 aromatic carbocycles. The predicted molar refractivity (Wildman–Crippen MR) is 147 cm³/mol. The highest BCUT2D eigenvalue weighted by Crippen LogP contribution is 2.28. The van der Waals surface area contributed by atoms with Crippen LogP contribution in [0.15, 0.2) is 35.5 Å². The molecule has 5 heterocycles. The molecule has 1 aliphatic heterocycles. The van der Waals surface area contributed by atoms with Crippen LogP contribution >= 0.6 is 0 Å². The first-order chi connectivity index (χ1) is 18.0. The lowest BCUT2D eigenvalue weighted by molar-refractivity contribution is 0.480. The zero-order chi connectivity index (χ0) is 25.9. The van der Waals surface area contributed by atoms with Crippen LogP contribution in [-0.2, 0) is 6.54 Å². The molecule has 0 unspecified atom stereocenters. The zero-order valence-corrected chi connectivity index (χ0v) is 22.0. The molecule has 0 radical (unpaired) electrons. The molecule has 0 spiro atoms. The number of imidazole rings is 1. The Morgan fingerprint density at radius 2 is 1.86 bits per heavy atom. The van der Waals surface area contributed by atoms with E-state index >= 15 is 0 Å². The van der Waals surface area contributed by atoms with Crippen molar-refractivity contribution < 1.29 is 0 Å². The van der Waals surface area contributed by atoms with Gasteiger partial charge in [0.15, 0.2) is 17.3 Å². The molecular weight excluding hydrogens is 466 g/mol. The van der Waals surface area contributed by atoms with E-state index in [0.717, 1.165) is 67.3 Å². The first kappa shape index (κ1) is 24.9. The smallest absolute Gasteiger partial charge is 0.253 e. The highest BCUT2D eigenvalue weighted by molar-refractivity contribution is 5.85. The Morgan fingerprint density at radius 1 is 1.08 bits per heavy atom. The molecule has 3 N–H and O–H groups in total. The minimum atomic E-state index is -0.0919. The lowest BCUT2D eigenvalue weighted by Crippen LogP contribution is -2.43. The first-order valence-electron chi connectivity index (χ1n) is 13.1. The number of aryl methyl sites for hydroxylation is 2. The van der Waals surface area contributed by atoms with E-state index in [1.807, 2.05) is 44.6 Å². The van der Waals surface area contributed by atoms with E-state index in [2.05, 4.69) is 43.9 Å². The molecule has 0 atom stereocenters. The summed E-state index contributed by atoms with van der Waals surface area (Å²) in [7, 11) is 0. The molecule has 0 amide bonds. The fourth-order valence-corrected chi connectivity index (χ4v) is 4.99. The van der Waals surface area contributed by atoms with Crippen LogP contribution < -0.4 is 21.1 Å². The maximum absolute atomic E-state index is 12.6. The molecule has 0 aliphatic carbocycles. The number of hydrogen-bond donors (Lipinski definition) is 3. The number of H-pyrrole nitrogens is 1. The predicted octanol–water partition coefficient (Wildman–Crippen LogP) is 3.58. The maximum atomic E-state index is 12.6. The van der Waals surface area contributed by atoms with Gasteiger partial charge in [0.05, 0.1) is 6.33 Å². The van der Waals surface area contributed by atoms with Gasteiger partial charge in [-0.1, -0.05) is 13.8 Å². The van der Waals surface area contributed by atoms with Crippen LogP contribution in [0.25, 0.3) is 22.6 Å². The van der Waals surface area contributed by atoms with E-state index in [1.165, 1.54) is 0 Å². The van der Waals surface area contributed by atoms with Crippen LogP contribution in [0.4, 0.5) is 11.6 Å². The normalized spacial score (nSPS) is 14.0. The molecule has 1 saturated heterocycles. The summed E-state index contributed by atoms with van der Waals surface area (Å²) in [5, 5.41) is 6.76. The molecular formula is C27H35N9O. The van der Waals surface area contributed by atoms with Gasteiger partial charge in [-0.3, -0.25) is 4.79 Å². The van der Waals surface area contributed by atoms with E-state index < -0.39 is 0 Å². The van der Waals surface area contributed by atoms with Crippen LogP contribution in [-0.4, -0.2) is 55.7 Å². The van der Waals surface area contributed by atoms with E-state index in [-0.39, 0.29) is 11.6 Å². The van der Waals surface area contributed by atoms with Gasteiger partial charge in [-0.05, 0) is 50.5 Å². The summed E-state index contributed by atoms with van der Waals surface area (Å²) < 4.78 is 2.14. The quantitative estimate of drug-likeness (QED) is 0.335. The number of hydrogen-bond acceptors (Lipinski definition) is 8. The number of anilines is 2. The van der Waals surface area contributed by atoms with Gasteiger partial charge in [0.25, 0.3) is 5.56 Å². The van der Waals surface area contributed by atoms with Crippen molar-refractivity contribution >= 4 is 22.8 Å². The van der Waals surface area contributed by atoms with Gasteiger partial charge >= 0.3 is 0 Å². The number of aromatic nitrogens is 6. The first-order valence-corrected chi connectivity index (χ1v) is 13.1. The summed E-state index contributed by atoms with van der Waals surface area (Å²) in [5.74, 6) is 2.15. The lowest BCUT2D eigenvalue weighted by Gasteiger charge is -2.28. The summed E-state index contributed by atoms with van der Waals surface area (Å²) in [6.07, 6.45) is 5.64. The van der Waals surface area contributed by atoms with Gasteiger partial charge in [0.1, 0.15) is 11.3 Å².